The van der Waals surface area contributed by atoms with E-state index in [0.717, 1.165) is 62.7 Å². The number of thioether (sulfide) groups is 1. The van der Waals surface area contributed by atoms with E-state index >= 15 is 0 Å². The van der Waals surface area contributed by atoms with Crippen molar-refractivity contribution in [3.05, 3.63) is 29.3 Å². The zero-order valence-electron chi connectivity index (χ0n) is 14.8. The second-order valence-electron chi connectivity index (χ2n) is 6.31. The van der Waals surface area contributed by atoms with Gasteiger partial charge in [0.25, 0.3) is 0 Å². The molecule has 0 bridgehead atoms. The van der Waals surface area contributed by atoms with Gasteiger partial charge in [-0.15, -0.1) is 11.8 Å². The Morgan fingerprint density at radius 3 is 2.76 bits per heavy atom. The van der Waals surface area contributed by atoms with E-state index in [1.807, 2.05) is 30.9 Å². The number of benzene rings is 1. The van der Waals surface area contributed by atoms with E-state index in [4.69, 9.17) is 16.3 Å². The lowest BCUT2D eigenvalue weighted by atomic mass is 10.2. The average Bonchev–Trinajstić information content (AvgIpc) is 3.14. The number of likely N-dealkylation sites (tertiary alicyclic amines) is 1. The van der Waals surface area contributed by atoms with Gasteiger partial charge in [-0.1, -0.05) is 11.6 Å². The molecule has 2 aliphatic heterocycles. The van der Waals surface area contributed by atoms with Gasteiger partial charge >= 0.3 is 0 Å². The fraction of sp³-hybridized carbons (Fsp3) is 0.611. The van der Waals surface area contributed by atoms with E-state index < -0.39 is 0 Å². The lowest BCUT2D eigenvalue weighted by molar-refractivity contribution is 0.0195. The van der Waals surface area contributed by atoms with E-state index in [1.54, 1.807) is 0 Å². The van der Waals surface area contributed by atoms with Crippen molar-refractivity contribution in [1.29, 1.82) is 0 Å². The fourth-order valence-corrected chi connectivity index (χ4v) is 4.26. The summed E-state index contributed by atoms with van der Waals surface area (Å²) < 4.78 is 5.46. The van der Waals surface area contributed by atoms with Crippen LogP contribution in [0.3, 0.4) is 0 Å². The summed E-state index contributed by atoms with van der Waals surface area (Å²) in [7, 11) is 1.87. The van der Waals surface area contributed by atoms with E-state index in [-0.39, 0.29) is 0 Å². The van der Waals surface area contributed by atoms with Crippen molar-refractivity contribution in [3.8, 4) is 0 Å². The molecule has 25 heavy (non-hydrogen) atoms. The second kappa shape index (κ2) is 9.67. The molecule has 0 saturated carbocycles. The predicted octanol–water partition coefficient (Wildman–Crippen LogP) is 2.41. The summed E-state index contributed by atoms with van der Waals surface area (Å²) in [5, 5.41) is 4.29. The monoisotopic (exact) mass is 382 g/mol. The molecule has 2 aliphatic rings. The highest BCUT2D eigenvalue weighted by Gasteiger charge is 2.30. The summed E-state index contributed by atoms with van der Waals surface area (Å²) in [4.78, 5) is 10.7. The van der Waals surface area contributed by atoms with Crippen LogP contribution >= 0.6 is 23.4 Å². The summed E-state index contributed by atoms with van der Waals surface area (Å²) >= 11 is 7.75. The summed E-state index contributed by atoms with van der Waals surface area (Å²) in [6, 6.07) is 8.63. The molecule has 2 heterocycles. The molecule has 1 N–H and O–H groups in total. The molecule has 138 valence electrons. The van der Waals surface area contributed by atoms with Crippen molar-refractivity contribution in [2.75, 3.05) is 58.7 Å². The molecular weight excluding hydrogens is 356 g/mol. The van der Waals surface area contributed by atoms with E-state index in [0.29, 0.717) is 6.04 Å². The second-order valence-corrected chi connectivity index (χ2v) is 7.92. The van der Waals surface area contributed by atoms with Crippen molar-refractivity contribution in [1.82, 2.24) is 15.1 Å². The van der Waals surface area contributed by atoms with Gasteiger partial charge in [-0.2, -0.15) is 0 Å². The van der Waals surface area contributed by atoms with Crippen LogP contribution in [-0.2, 0) is 4.74 Å². The number of aliphatic imine (C=N–C) groups is 1. The highest BCUT2D eigenvalue weighted by Crippen LogP contribution is 2.20. The maximum absolute atomic E-state index is 5.92. The predicted molar refractivity (Wildman–Crippen MR) is 106 cm³/mol. The first-order valence-corrected chi connectivity index (χ1v) is 10.3. The van der Waals surface area contributed by atoms with Crippen molar-refractivity contribution < 1.29 is 4.74 Å². The molecule has 1 aromatic rings. The Bertz CT molecular complexity index is 563. The minimum Gasteiger partial charge on any atom is -0.379 e. The number of nitrogens with one attached hydrogen (secondary N) is 1. The number of rotatable bonds is 5. The average molecular weight is 383 g/mol. The van der Waals surface area contributed by atoms with E-state index in [2.05, 4.69) is 32.2 Å². The van der Waals surface area contributed by atoms with Crippen molar-refractivity contribution in [2.45, 2.75) is 17.4 Å². The smallest absolute Gasteiger partial charge is 0.193 e. The maximum Gasteiger partial charge on any atom is 0.193 e. The summed E-state index contributed by atoms with van der Waals surface area (Å²) in [6.45, 7) is 6.88. The molecule has 5 nitrogen and oxygen atoms in total. The Hall–Kier alpha value is -0.950. The van der Waals surface area contributed by atoms with Crippen molar-refractivity contribution in [2.24, 2.45) is 4.99 Å². The van der Waals surface area contributed by atoms with E-state index in [9.17, 15) is 0 Å². The lowest BCUT2D eigenvalue weighted by Gasteiger charge is -2.32. The highest BCUT2D eigenvalue weighted by molar-refractivity contribution is 7.99. The molecule has 0 amide bonds. The normalized spacial score (nSPS) is 22.4. The largest absolute Gasteiger partial charge is 0.379 e. The third-order valence-corrected chi connectivity index (χ3v) is 5.97. The van der Waals surface area contributed by atoms with Crippen LogP contribution in [0.1, 0.15) is 6.42 Å². The Balaban J connectivity index is 1.39. The minimum absolute atomic E-state index is 0.630. The Labute approximate surface area is 159 Å². The number of hydrogen-bond donors (Lipinski definition) is 1. The number of guanidine groups is 1. The molecule has 1 unspecified atom stereocenters. The van der Waals surface area contributed by atoms with Gasteiger partial charge in [0.05, 0.1) is 13.2 Å². The molecule has 7 heteroatoms. The zero-order chi connectivity index (χ0) is 17.5. The zero-order valence-corrected chi connectivity index (χ0v) is 16.4. The molecule has 3 rings (SSSR count). The van der Waals surface area contributed by atoms with Crippen LogP contribution in [0, 0.1) is 0 Å². The van der Waals surface area contributed by atoms with Gasteiger partial charge in [0.15, 0.2) is 5.96 Å². The first kappa shape index (κ1) is 18.8. The standard InChI is InChI=1S/C18H27ClN4OS/c1-20-18(21-7-13-25-17-4-2-15(19)3-5-17)23-8-6-16(14-23)22-9-11-24-12-10-22/h2-5,16H,6-14H2,1H3,(H,20,21). The third kappa shape index (κ3) is 5.51. The van der Waals surface area contributed by atoms with Crippen LogP contribution < -0.4 is 5.32 Å². The Morgan fingerprint density at radius 1 is 1.28 bits per heavy atom. The minimum atomic E-state index is 0.630. The molecule has 2 saturated heterocycles. The number of nitrogens with zero attached hydrogens (tertiary/aromatic N) is 3. The number of halogens is 1. The quantitative estimate of drug-likeness (QED) is 0.366. The van der Waals surface area contributed by atoms with Gasteiger partial charge < -0.3 is 15.0 Å². The topological polar surface area (TPSA) is 40.1 Å². The maximum atomic E-state index is 5.92. The molecule has 1 atom stereocenters. The van der Waals surface area contributed by atoms with Crippen LogP contribution in [0.25, 0.3) is 0 Å². The Kier molecular flexibility index (Phi) is 7.28. The van der Waals surface area contributed by atoms with Gasteiger partial charge in [0, 0.05) is 61.5 Å². The van der Waals surface area contributed by atoms with Crippen molar-refractivity contribution in [3.63, 3.8) is 0 Å². The molecule has 0 aromatic heterocycles. The molecule has 2 fully saturated rings. The highest BCUT2D eigenvalue weighted by atomic mass is 35.5. The van der Waals surface area contributed by atoms with Gasteiger partial charge in [-0.05, 0) is 30.7 Å². The summed E-state index contributed by atoms with van der Waals surface area (Å²) in [6.07, 6.45) is 1.21. The van der Waals surface area contributed by atoms with E-state index in [1.165, 1.54) is 11.3 Å². The fourth-order valence-electron chi connectivity index (χ4n) is 3.37. The van der Waals surface area contributed by atoms with Gasteiger partial charge in [-0.25, -0.2) is 0 Å². The van der Waals surface area contributed by atoms with Gasteiger partial charge in [0.1, 0.15) is 0 Å². The van der Waals surface area contributed by atoms with Crippen LogP contribution in [0.5, 0.6) is 0 Å². The van der Waals surface area contributed by atoms with Gasteiger partial charge in [-0.3, -0.25) is 9.89 Å². The molecule has 1 aromatic carbocycles. The third-order valence-electron chi connectivity index (χ3n) is 4.70. The van der Waals surface area contributed by atoms with Crippen LogP contribution in [0.4, 0.5) is 0 Å². The van der Waals surface area contributed by atoms with Crippen LogP contribution in [0.15, 0.2) is 34.2 Å². The molecule has 0 spiro atoms. The lowest BCUT2D eigenvalue weighted by Crippen LogP contribution is -2.47. The number of hydrogen-bond acceptors (Lipinski definition) is 4. The molecule has 0 aliphatic carbocycles. The summed E-state index contributed by atoms with van der Waals surface area (Å²) in [5.41, 5.74) is 0. The SMILES string of the molecule is CN=C(NCCSc1ccc(Cl)cc1)N1CCC(N2CCOCC2)C1. The van der Waals surface area contributed by atoms with Crippen molar-refractivity contribution >= 4 is 29.3 Å². The first-order valence-electron chi connectivity index (χ1n) is 8.92. The summed E-state index contributed by atoms with van der Waals surface area (Å²) in [5.74, 6) is 2.02. The number of ether oxygens (including phenoxy) is 1. The molecular formula is C18H27ClN4OS. The Morgan fingerprint density at radius 2 is 2.04 bits per heavy atom. The first-order chi connectivity index (χ1) is 12.3. The van der Waals surface area contributed by atoms with Crippen LogP contribution in [-0.4, -0.2) is 80.5 Å². The number of morpholine rings is 1. The van der Waals surface area contributed by atoms with Gasteiger partial charge in [0.2, 0.25) is 0 Å². The van der Waals surface area contributed by atoms with Crippen LogP contribution in [0.2, 0.25) is 5.02 Å². The molecule has 0 radical (unpaired) electrons.